The summed E-state index contributed by atoms with van der Waals surface area (Å²) < 4.78 is 2.05. The molecule has 0 amide bonds. The lowest BCUT2D eigenvalue weighted by Gasteiger charge is -2.06. The van der Waals surface area contributed by atoms with Gasteiger partial charge in [-0.3, -0.25) is 0 Å². The van der Waals surface area contributed by atoms with Crippen molar-refractivity contribution in [3.63, 3.8) is 0 Å². The summed E-state index contributed by atoms with van der Waals surface area (Å²) in [6, 6.07) is 5.41. The Hall–Kier alpha value is -1.81. The van der Waals surface area contributed by atoms with Crippen LogP contribution in [0.4, 0.5) is 0 Å². The van der Waals surface area contributed by atoms with Gasteiger partial charge in [0.1, 0.15) is 0 Å². The van der Waals surface area contributed by atoms with Gasteiger partial charge in [0.05, 0.1) is 11.1 Å². The van der Waals surface area contributed by atoms with E-state index >= 15 is 0 Å². The molecule has 4 heteroatoms. The summed E-state index contributed by atoms with van der Waals surface area (Å²) in [5.74, 6) is -0.889. The molecule has 108 valence electrons. The van der Waals surface area contributed by atoms with Crippen LogP contribution in [0, 0.1) is 0 Å². The fourth-order valence-electron chi connectivity index (χ4n) is 2.58. The minimum absolute atomic E-state index is 0.153. The van der Waals surface area contributed by atoms with Gasteiger partial charge in [0, 0.05) is 24.7 Å². The normalized spacial score (nSPS) is 11.1. The van der Waals surface area contributed by atoms with Crippen LogP contribution in [-0.2, 0) is 13.0 Å². The average Bonchev–Trinajstić information content (AvgIpc) is 2.80. The second kappa shape index (κ2) is 6.57. The highest BCUT2D eigenvalue weighted by atomic mass is 16.4. The number of rotatable bonds is 7. The summed E-state index contributed by atoms with van der Waals surface area (Å²) in [6.07, 6.45) is 5.61. The first-order valence-electron chi connectivity index (χ1n) is 7.14. The van der Waals surface area contributed by atoms with Crippen molar-refractivity contribution in [1.82, 2.24) is 4.57 Å². The summed E-state index contributed by atoms with van der Waals surface area (Å²) in [5.41, 5.74) is 2.28. The second-order valence-corrected chi connectivity index (χ2v) is 5.04. The summed E-state index contributed by atoms with van der Waals surface area (Å²) in [4.78, 5) is 11.4. The molecule has 0 radical (unpaired) electrons. The Balaban J connectivity index is 2.54. The van der Waals surface area contributed by atoms with Crippen molar-refractivity contribution in [3.05, 3.63) is 35.5 Å². The van der Waals surface area contributed by atoms with Crippen LogP contribution in [0.25, 0.3) is 10.9 Å². The number of carbonyl (C=O) groups is 1. The van der Waals surface area contributed by atoms with E-state index in [1.54, 1.807) is 12.1 Å². The standard InChI is InChI=1S/C16H21NO3/c1-2-3-9-17-11-12(6-5-10-18)13-7-4-8-14(15(13)17)16(19)20/h4,7-8,11,18H,2-3,5-6,9-10H2,1H3,(H,19,20). The molecule has 20 heavy (non-hydrogen) atoms. The van der Waals surface area contributed by atoms with E-state index in [-0.39, 0.29) is 6.61 Å². The van der Waals surface area contributed by atoms with Crippen LogP contribution in [0.2, 0.25) is 0 Å². The van der Waals surface area contributed by atoms with Crippen LogP contribution in [0.15, 0.2) is 24.4 Å². The molecule has 0 bridgehead atoms. The molecule has 0 saturated carbocycles. The zero-order chi connectivity index (χ0) is 14.5. The Morgan fingerprint density at radius 2 is 2.10 bits per heavy atom. The number of aryl methyl sites for hydroxylation is 2. The van der Waals surface area contributed by atoms with Gasteiger partial charge in [-0.05, 0) is 30.9 Å². The first-order chi connectivity index (χ1) is 9.69. The summed E-state index contributed by atoms with van der Waals surface area (Å²) in [7, 11) is 0. The van der Waals surface area contributed by atoms with E-state index in [2.05, 4.69) is 11.5 Å². The van der Waals surface area contributed by atoms with E-state index in [0.29, 0.717) is 12.0 Å². The highest BCUT2D eigenvalue weighted by molar-refractivity contribution is 6.03. The van der Waals surface area contributed by atoms with Gasteiger partial charge in [-0.15, -0.1) is 0 Å². The highest BCUT2D eigenvalue weighted by Crippen LogP contribution is 2.26. The van der Waals surface area contributed by atoms with E-state index in [1.807, 2.05) is 12.3 Å². The van der Waals surface area contributed by atoms with E-state index in [0.717, 1.165) is 42.3 Å². The number of carboxylic acid groups (broad SMARTS) is 1. The molecule has 2 N–H and O–H groups in total. The summed E-state index contributed by atoms with van der Waals surface area (Å²) in [5, 5.41) is 19.3. The molecule has 2 aromatic rings. The molecular formula is C16H21NO3. The van der Waals surface area contributed by atoms with E-state index in [4.69, 9.17) is 5.11 Å². The van der Waals surface area contributed by atoms with Crippen LogP contribution in [0.3, 0.4) is 0 Å². The lowest BCUT2D eigenvalue weighted by Crippen LogP contribution is -2.03. The fourth-order valence-corrected chi connectivity index (χ4v) is 2.58. The Kier molecular flexibility index (Phi) is 4.79. The maximum atomic E-state index is 11.4. The number of aliphatic hydroxyl groups is 1. The zero-order valence-corrected chi connectivity index (χ0v) is 11.8. The number of para-hydroxylation sites is 1. The maximum Gasteiger partial charge on any atom is 0.337 e. The van der Waals surface area contributed by atoms with E-state index < -0.39 is 5.97 Å². The number of hydrogen-bond donors (Lipinski definition) is 2. The number of aliphatic hydroxyl groups excluding tert-OH is 1. The van der Waals surface area contributed by atoms with Crippen LogP contribution < -0.4 is 0 Å². The van der Waals surface area contributed by atoms with Crippen molar-refractivity contribution >= 4 is 16.9 Å². The smallest absolute Gasteiger partial charge is 0.337 e. The number of aromatic nitrogens is 1. The van der Waals surface area contributed by atoms with Gasteiger partial charge >= 0.3 is 5.97 Å². The van der Waals surface area contributed by atoms with Crippen LogP contribution >= 0.6 is 0 Å². The molecule has 0 spiro atoms. The Bertz CT molecular complexity index is 601. The molecule has 0 unspecified atom stereocenters. The topological polar surface area (TPSA) is 62.5 Å². The van der Waals surface area contributed by atoms with Gasteiger partial charge in [0.2, 0.25) is 0 Å². The first-order valence-corrected chi connectivity index (χ1v) is 7.14. The monoisotopic (exact) mass is 275 g/mol. The van der Waals surface area contributed by atoms with Crippen LogP contribution in [0.5, 0.6) is 0 Å². The van der Waals surface area contributed by atoms with Gasteiger partial charge < -0.3 is 14.8 Å². The van der Waals surface area contributed by atoms with Crippen molar-refractivity contribution in [2.24, 2.45) is 0 Å². The summed E-state index contributed by atoms with van der Waals surface area (Å²) in [6.45, 7) is 3.10. The molecule has 0 fully saturated rings. The molecule has 1 aromatic heterocycles. The molecule has 0 atom stereocenters. The Morgan fingerprint density at radius 1 is 1.30 bits per heavy atom. The highest BCUT2D eigenvalue weighted by Gasteiger charge is 2.15. The largest absolute Gasteiger partial charge is 0.478 e. The Labute approximate surface area is 118 Å². The van der Waals surface area contributed by atoms with Crippen molar-refractivity contribution in [2.45, 2.75) is 39.2 Å². The number of nitrogens with zero attached hydrogens (tertiary/aromatic N) is 1. The maximum absolute atomic E-state index is 11.4. The first kappa shape index (κ1) is 14.6. The number of benzene rings is 1. The van der Waals surface area contributed by atoms with E-state index in [1.165, 1.54) is 0 Å². The lowest BCUT2D eigenvalue weighted by atomic mass is 10.1. The predicted molar refractivity (Wildman–Crippen MR) is 79.2 cm³/mol. The lowest BCUT2D eigenvalue weighted by molar-refractivity contribution is 0.0698. The quantitative estimate of drug-likeness (QED) is 0.816. The van der Waals surface area contributed by atoms with Crippen molar-refractivity contribution in [1.29, 1.82) is 0 Å². The van der Waals surface area contributed by atoms with Crippen LogP contribution in [0.1, 0.15) is 42.1 Å². The molecule has 1 heterocycles. The van der Waals surface area contributed by atoms with Gasteiger partial charge in [-0.25, -0.2) is 4.79 Å². The molecule has 0 aliphatic rings. The van der Waals surface area contributed by atoms with Gasteiger partial charge in [-0.2, -0.15) is 0 Å². The number of unbranched alkanes of at least 4 members (excludes halogenated alkanes) is 1. The third kappa shape index (κ3) is 2.85. The fraction of sp³-hybridized carbons (Fsp3) is 0.438. The average molecular weight is 275 g/mol. The predicted octanol–water partition coefficient (Wildman–Crippen LogP) is 3.06. The molecule has 4 nitrogen and oxygen atoms in total. The number of hydrogen-bond acceptors (Lipinski definition) is 2. The Morgan fingerprint density at radius 3 is 2.75 bits per heavy atom. The van der Waals surface area contributed by atoms with Crippen molar-refractivity contribution in [2.75, 3.05) is 6.61 Å². The third-order valence-electron chi connectivity index (χ3n) is 3.57. The molecule has 0 aliphatic carbocycles. The van der Waals surface area contributed by atoms with Gasteiger partial charge in [-0.1, -0.05) is 25.5 Å². The number of carboxylic acids is 1. The van der Waals surface area contributed by atoms with Crippen molar-refractivity contribution in [3.8, 4) is 0 Å². The molecule has 0 aliphatic heterocycles. The van der Waals surface area contributed by atoms with Crippen molar-refractivity contribution < 1.29 is 15.0 Å². The summed E-state index contributed by atoms with van der Waals surface area (Å²) >= 11 is 0. The molecular weight excluding hydrogens is 254 g/mol. The zero-order valence-electron chi connectivity index (χ0n) is 11.8. The molecule has 0 saturated heterocycles. The van der Waals surface area contributed by atoms with Gasteiger partial charge in [0.15, 0.2) is 0 Å². The third-order valence-corrected chi connectivity index (χ3v) is 3.57. The molecule has 2 rings (SSSR count). The minimum Gasteiger partial charge on any atom is -0.478 e. The minimum atomic E-state index is -0.889. The SMILES string of the molecule is CCCCn1cc(CCCO)c2cccc(C(=O)O)c21. The molecule has 1 aromatic carbocycles. The second-order valence-electron chi connectivity index (χ2n) is 5.04. The van der Waals surface area contributed by atoms with Crippen LogP contribution in [-0.4, -0.2) is 27.4 Å². The van der Waals surface area contributed by atoms with Gasteiger partial charge in [0.25, 0.3) is 0 Å². The number of fused-ring (bicyclic) bond motifs is 1. The van der Waals surface area contributed by atoms with E-state index in [9.17, 15) is 9.90 Å². The number of aromatic carboxylic acids is 1.